The van der Waals surface area contributed by atoms with Gasteiger partial charge in [0.25, 0.3) is 5.91 Å². The summed E-state index contributed by atoms with van der Waals surface area (Å²) in [6.45, 7) is -1.03. The fraction of sp³-hybridized carbons (Fsp3) is 0.353. The summed E-state index contributed by atoms with van der Waals surface area (Å²) in [6.07, 6.45) is 3.47. The SMILES string of the molecule is O=C(Nc1cccc(OC(F)F)c1)c1ccc(N2CCCCC2)nn1. The molecule has 0 radical (unpaired) electrons. The number of halogens is 2. The van der Waals surface area contributed by atoms with Crippen molar-refractivity contribution in [2.45, 2.75) is 25.9 Å². The molecule has 0 saturated carbocycles. The minimum absolute atomic E-state index is 0.0284. The first-order valence-electron chi connectivity index (χ1n) is 8.07. The lowest BCUT2D eigenvalue weighted by atomic mass is 10.1. The second kappa shape index (κ2) is 7.87. The summed E-state index contributed by atoms with van der Waals surface area (Å²) in [4.78, 5) is 14.4. The monoisotopic (exact) mass is 348 g/mol. The molecule has 6 nitrogen and oxygen atoms in total. The molecule has 1 saturated heterocycles. The van der Waals surface area contributed by atoms with Crippen molar-refractivity contribution in [1.82, 2.24) is 10.2 Å². The first-order chi connectivity index (χ1) is 12.1. The summed E-state index contributed by atoms with van der Waals surface area (Å²) in [5, 5.41) is 10.7. The van der Waals surface area contributed by atoms with Crippen LogP contribution in [0.1, 0.15) is 29.8 Å². The summed E-state index contributed by atoms with van der Waals surface area (Å²) in [5.74, 6) is 0.259. The van der Waals surface area contributed by atoms with Crippen molar-refractivity contribution < 1.29 is 18.3 Å². The second-order valence-electron chi connectivity index (χ2n) is 5.68. The van der Waals surface area contributed by atoms with Crippen molar-refractivity contribution in [3.63, 3.8) is 0 Å². The van der Waals surface area contributed by atoms with Crippen LogP contribution in [0, 0.1) is 0 Å². The van der Waals surface area contributed by atoms with E-state index in [1.54, 1.807) is 18.2 Å². The Morgan fingerprint density at radius 3 is 2.60 bits per heavy atom. The van der Waals surface area contributed by atoms with Crippen molar-refractivity contribution >= 4 is 17.4 Å². The van der Waals surface area contributed by atoms with Gasteiger partial charge in [-0.15, -0.1) is 10.2 Å². The first-order valence-corrected chi connectivity index (χ1v) is 8.07. The first kappa shape index (κ1) is 17.1. The average Bonchev–Trinajstić information content (AvgIpc) is 2.62. The molecule has 1 aliphatic rings. The number of amides is 1. The topological polar surface area (TPSA) is 67.3 Å². The van der Waals surface area contributed by atoms with Gasteiger partial charge >= 0.3 is 6.61 Å². The van der Waals surface area contributed by atoms with E-state index in [-0.39, 0.29) is 11.4 Å². The molecule has 0 aliphatic carbocycles. The minimum Gasteiger partial charge on any atom is -0.435 e. The highest BCUT2D eigenvalue weighted by Gasteiger charge is 2.15. The molecule has 1 aromatic heterocycles. The normalized spacial score (nSPS) is 14.4. The van der Waals surface area contributed by atoms with Gasteiger partial charge in [0.1, 0.15) is 5.75 Å². The van der Waals surface area contributed by atoms with Gasteiger partial charge in [0, 0.05) is 24.8 Å². The molecule has 1 aliphatic heterocycles. The number of hydrogen-bond acceptors (Lipinski definition) is 5. The van der Waals surface area contributed by atoms with Crippen LogP contribution in [0.5, 0.6) is 5.75 Å². The van der Waals surface area contributed by atoms with Crippen LogP contribution in [-0.2, 0) is 0 Å². The summed E-state index contributed by atoms with van der Waals surface area (Å²) in [6, 6.07) is 9.16. The third-order valence-electron chi connectivity index (χ3n) is 3.88. The molecule has 0 bridgehead atoms. The van der Waals surface area contributed by atoms with E-state index in [1.165, 1.54) is 24.6 Å². The zero-order chi connectivity index (χ0) is 17.6. The Kier molecular flexibility index (Phi) is 5.37. The van der Waals surface area contributed by atoms with Crippen LogP contribution in [0.25, 0.3) is 0 Å². The summed E-state index contributed by atoms with van der Waals surface area (Å²) < 4.78 is 28.8. The van der Waals surface area contributed by atoms with Crippen LogP contribution in [-0.4, -0.2) is 35.8 Å². The minimum atomic E-state index is -2.92. The molecule has 1 N–H and O–H groups in total. The lowest BCUT2D eigenvalue weighted by molar-refractivity contribution is -0.0497. The van der Waals surface area contributed by atoms with E-state index < -0.39 is 12.5 Å². The van der Waals surface area contributed by atoms with Gasteiger partial charge in [-0.1, -0.05) is 6.07 Å². The van der Waals surface area contributed by atoms with Crippen molar-refractivity contribution in [3.05, 3.63) is 42.1 Å². The maximum atomic E-state index is 12.2. The molecule has 1 aromatic carbocycles. The summed E-state index contributed by atoms with van der Waals surface area (Å²) in [7, 11) is 0. The number of carbonyl (C=O) groups is 1. The fourth-order valence-corrected chi connectivity index (χ4v) is 2.68. The number of ether oxygens (including phenoxy) is 1. The maximum Gasteiger partial charge on any atom is 0.387 e. The quantitative estimate of drug-likeness (QED) is 0.898. The number of alkyl halides is 2. The van der Waals surface area contributed by atoms with Crippen molar-refractivity contribution in [2.75, 3.05) is 23.3 Å². The Bertz CT molecular complexity index is 719. The number of piperidine rings is 1. The van der Waals surface area contributed by atoms with Gasteiger partial charge in [0.15, 0.2) is 11.5 Å². The zero-order valence-corrected chi connectivity index (χ0v) is 13.5. The third kappa shape index (κ3) is 4.62. The number of benzene rings is 1. The molecule has 132 valence electrons. The molecule has 3 rings (SSSR count). The van der Waals surface area contributed by atoms with Gasteiger partial charge in [-0.25, -0.2) is 0 Å². The van der Waals surface area contributed by atoms with Crippen LogP contribution < -0.4 is 15.0 Å². The van der Waals surface area contributed by atoms with E-state index in [2.05, 4.69) is 25.2 Å². The van der Waals surface area contributed by atoms with E-state index in [9.17, 15) is 13.6 Å². The van der Waals surface area contributed by atoms with Crippen LogP contribution in [0.4, 0.5) is 20.3 Å². The number of carbonyl (C=O) groups excluding carboxylic acids is 1. The highest BCUT2D eigenvalue weighted by atomic mass is 19.3. The summed E-state index contributed by atoms with van der Waals surface area (Å²) >= 11 is 0. The molecular formula is C17H18F2N4O2. The number of nitrogens with one attached hydrogen (secondary N) is 1. The number of rotatable bonds is 5. The van der Waals surface area contributed by atoms with E-state index >= 15 is 0 Å². The Labute approximate surface area is 143 Å². The molecule has 0 unspecified atom stereocenters. The Hall–Kier alpha value is -2.77. The number of hydrogen-bond donors (Lipinski definition) is 1. The lowest BCUT2D eigenvalue weighted by Crippen LogP contribution is -2.30. The number of anilines is 2. The summed E-state index contributed by atoms with van der Waals surface area (Å²) in [5.41, 5.74) is 0.492. The molecule has 0 atom stereocenters. The molecule has 25 heavy (non-hydrogen) atoms. The van der Waals surface area contributed by atoms with Gasteiger partial charge in [0.05, 0.1) is 0 Å². The van der Waals surface area contributed by atoms with Crippen LogP contribution in [0.3, 0.4) is 0 Å². The Balaban J connectivity index is 1.65. The Morgan fingerprint density at radius 2 is 1.92 bits per heavy atom. The van der Waals surface area contributed by atoms with E-state index in [4.69, 9.17) is 0 Å². The molecule has 1 amide bonds. The molecule has 0 spiro atoms. The average molecular weight is 348 g/mol. The van der Waals surface area contributed by atoms with E-state index in [0.29, 0.717) is 5.69 Å². The van der Waals surface area contributed by atoms with E-state index in [1.807, 2.05) is 0 Å². The van der Waals surface area contributed by atoms with Gasteiger partial charge < -0.3 is 15.0 Å². The van der Waals surface area contributed by atoms with Crippen LogP contribution >= 0.6 is 0 Å². The number of aromatic nitrogens is 2. The van der Waals surface area contributed by atoms with Crippen LogP contribution in [0.15, 0.2) is 36.4 Å². The van der Waals surface area contributed by atoms with E-state index in [0.717, 1.165) is 31.7 Å². The van der Waals surface area contributed by atoms with Crippen LogP contribution in [0.2, 0.25) is 0 Å². The molecular weight excluding hydrogens is 330 g/mol. The third-order valence-corrected chi connectivity index (χ3v) is 3.88. The molecule has 2 heterocycles. The van der Waals surface area contributed by atoms with Gasteiger partial charge in [-0.2, -0.15) is 8.78 Å². The predicted molar refractivity (Wildman–Crippen MR) is 89.1 cm³/mol. The predicted octanol–water partition coefficient (Wildman–Crippen LogP) is 3.32. The highest BCUT2D eigenvalue weighted by molar-refractivity contribution is 6.02. The smallest absolute Gasteiger partial charge is 0.387 e. The number of nitrogens with zero attached hydrogens (tertiary/aromatic N) is 3. The van der Waals surface area contributed by atoms with Crippen molar-refractivity contribution in [1.29, 1.82) is 0 Å². The van der Waals surface area contributed by atoms with Gasteiger partial charge in [0.2, 0.25) is 0 Å². The lowest BCUT2D eigenvalue weighted by Gasteiger charge is -2.27. The largest absolute Gasteiger partial charge is 0.435 e. The van der Waals surface area contributed by atoms with Gasteiger partial charge in [-0.05, 0) is 43.5 Å². The molecule has 2 aromatic rings. The Morgan fingerprint density at radius 1 is 1.12 bits per heavy atom. The fourth-order valence-electron chi connectivity index (χ4n) is 2.68. The second-order valence-corrected chi connectivity index (χ2v) is 5.68. The highest BCUT2D eigenvalue weighted by Crippen LogP contribution is 2.20. The van der Waals surface area contributed by atoms with Crippen molar-refractivity contribution in [3.8, 4) is 5.75 Å². The zero-order valence-electron chi connectivity index (χ0n) is 13.5. The molecule has 1 fully saturated rings. The van der Waals surface area contributed by atoms with Gasteiger partial charge in [-0.3, -0.25) is 4.79 Å². The standard InChI is InChI=1S/C17H18F2N4O2/c18-17(19)25-13-6-4-5-12(11-13)20-16(24)14-7-8-15(22-21-14)23-9-2-1-3-10-23/h4-8,11,17H,1-3,9-10H2,(H,20,24). The molecule has 8 heteroatoms. The van der Waals surface area contributed by atoms with Crippen molar-refractivity contribution in [2.24, 2.45) is 0 Å². The maximum absolute atomic E-state index is 12.2.